The molecular weight excluding hydrogens is 398 g/mol. The third-order valence-electron chi connectivity index (χ3n) is 4.00. The quantitative estimate of drug-likeness (QED) is 0.459. The topological polar surface area (TPSA) is 125 Å². The number of nitro groups is 1. The molecule has 0 aliphatic carbocycles. The molecule has 0 fully saturated rings. The van der Waals surface area contributed by atoms with E-state index >= 15 is 0 Å². The highest BCUT2D eigenvalue weighted by atomic mass is 32.2. The fourth-order valence-electron chi connectivity index (χ4n) is 2.52. The van der Waals surface area contributed by atoms with Gasteiger partial charge in [0.2, 0.25) is 5.76 Å². The maximum absolute atomic E-state index is 12.5. The second-order valence-corrected chi connectivity index (χ2v) is 7.66. The lowest BCUT2D eigenvalue weighted by Gasteiger charge is -2.09. The second-order valence-electron chi connectivity index (χ2n) is 5.97. The van der Waals surface area contributed by atoms with E-state index in [9.17, 15) is 18.5 Å². The molecule has 3 aromatic rings. The molecule has 3 rings (SSSR count). The molecule has 10 heteroatoms. The molecule has 0 bridgehead atoms. The van der Waals surface area contributed by atoms with Crippen molar-refractivity contribution in [1.82, 2.24) is 5.16 Å². The van der Waals surface area contributed by atoms with Gasteiger partial charge in [0.1, 0.15) is 5.75 Å². The van der Waals surface area contributed by atoms with E-state index in [1.54, 1.807) is 42.5 Å². The fraction of sp³-hybridized carbons (Fsp3) is 0.105. The van der Waals surface area contributed by atoms with Crippen LogP contribution >= 0.6 is 0 Å². The third kappa shape index (κ3) is 4.61. The van der Waals surface area contributed by atoms with Gasteiger partial charge < -0.3 is 9.26 Å². The van der Waals surface area contributed by atoms with Crippen molar-refractivity contribution >= 4 is 33.6 Å². The van der Waals surface area contributed by atoms with Gasteiger partial charge in [0.05, 0.1) is 16.9 Å². The number of aromatic nitrogens is 1. The molecule has 0 spiro atoms. The van der Waals surface area contributed by atoms with Crippen molar-refractivity contribution in [2.75, 3.05) is 11.8 Å². The van der Waals surface area contributed by atoms with E-state index in [0.717, 1.165) is 0 Å². The van der Waals surface area contributed by atoms with E-state index in [1.165, 1.54) is 32.2 Å². The average Bonchev–Trinajstić information content (AvgIpc) is 3.07. The van der Waals surface area contributed by atoms with Gasteiger partial charge in [0.15, 0.2) is 5.69 Å². The number of hydrogen-bond acceptors (Lipinski definition) is 7. The molecule has 150 valence electrons. The van der Waals surface area contributed by atoms with Gasteiger partial charge in [0, 0.05) is 5.69 Å². The van der Waals surface area contributed by atoms with Crippen LogP contribution in [0.5, 0.6) is 5.75 Å². The number of benzene rings is 2. The number of aryl methyl sites for hydroxylation is 1. The Bertz CT molecular complexity index is 1150. The Balaban J connectivity index is 1.76. The molecule has 1 N–H and O–H groups in total. The van der Waals surface area contributed by atoms with Crippen molar-refractivity contribution in [3.05, 3.63) is 75.7 Å². The minimum atomic E-state index is -3.76. The standard InChI is InChI=1S/C19H17N3O6S/c1-13-19(22(23)24)18(28-20-13)12-5-14-3-10-17(11-4-14)29(25,26)21-15-6-8-16(27-2)9-7-15/h3-12,21H,1-2H3. The number of hydrogen-bond donors (Lipinski definition) is 1. The van der Waals surface area contributed by atoms with Crippen LogP contribution < -0.4 is 9.46 Å². The molecule has 0 radical (unpaired) electrons. The van der Waals surface area contributed by atoms with Crippen LogP contribution in [0.1, 0.15) is 17.0 Å². The van der Waals surface area contributed by atoms with Crippen molar-refractivity contribution in [2.24, 2.45) is 0 Å². The van der Waals surface area contributed by atoms with Crippen molar-refractivity contribution in [2.45, 2.75) is 11.8 Å². The molecule has 9 nitrogen and oxygen atoms in total. The minimum Gasteiger partial charge on any atom is -0.497 e. The Morgan fingerprint density at radius 3 is 2.34 bits per heavy atom. The van der Waals surface area contributed by atoms with Gasteiger partial charge >= 0.3 is 5.69 Å². The van der Waals surface area contributed by atoms with E-state index in [0.29, 0.717) is 17.0 Å². The van der Waals surface area contributed by atoms with Crippen LogP contribution in [-0.4, -0.2) is 25.6 Å². The van der Waals surface area contributed by atoms with Crippen LogP contribution in [0.4, 0.5) is 11.4 Å². The number of nitrogens with zero attached hydrogens (tertiary/aromatic N) is 2. The average molecular weight is 415 g/mol. The maximum Gasteiger partial charge on any atom is 0.338 e. The summed E-state index contributed by atoms with van der Waals surface area (Å²) in [5, 5.41) is 14.6. The van der Waals surface area contributed by atoms with E-state index in [2.05, 4.69) is 9.88 Å². The Hall–Kier alpha value is -3.66. The molecule has 29 heavy (non-hydrogen) atoms. The summed E-state index contributed by atoms with van der Waals surface area (Å²) in [5.74, 6) is 0.636. The summed E-state index contributed by atoms with van der Waals surface area (Å²) >= 11 is 0. The Morgan fingerprint density at radius 2 is 1.76 bits per heavy atom. The van der Waals surface area contributed by atoms with Gasteiger partial charge in [-0.2, -0.15) is 0 Å². The zero-order valence-corrected chi connectivity index (χ0v) is 16.3. The first kappa shape index (κ1) is 20.1. The maximum atomic E-state index is 12.5. The zero-order chi connectivity index (χ0) is 21.0. The molecule has 0 atom stereocenters. The summed E-state index contributed by atoms with van der Waals surface area (Å²) in [5.41, 5.74) is 1.02. The SMILES string of the molecule is COc1ccc(NS(=O)(=O)c2ccc(C=Cc3onc(C)c3[N+](=O)[O-])cc2)cc1. The third-order valence-corrected chi connectivity index (χ3v) is 5.40. The lowest BCUT2D eigenvalue weighted by Crippen LogP contribution is -2.12. The first-order chi connectivity index (χ1) is 13.8. The predicted octanol–water partition coefficient (Wildman–Crippen LogP) is 3.87. The molecular formula is C19H17N3O6S. The van der Waals surface area contributed by atoms with Crippen LogP contribution in [0.2, 0.25) is 0 Å². The van der Waals surface area contributed by atoms with E-state index in [4.69, 9.17) is 9.26 Å². The van der Waals surface area contributed by atoms with Crippen molar-refractivity contribution < 1.29 is 22.6 Å². The highest BCUT2D eigenvalue weighted by Crippen LogP contribution is 2.25. The summed E-state index contributed by atoms with van der Waals surface area (Å²) in [7, 11) is -2.24. The van der Waals surface area contributed by atoms with Crippen LogP contribution in [0.25, 0.3) is 12.2 Å². The Labute approximate surface area is 166 Å². The fourth-order valence-corrected chi connectivity index (χ4v) is 3.58. The molecule has 2 aromatic carbocycles. The van der Waals surface area contributed by atoms with E-state index in [1.807, 2.05) is 0 Å². The van der Waals surface area contributed by atoms with Gasteiger partial charge in [-0.05, 0) is 55.0 Å². The largest absolute Gasteiger partial charge is 0.497 e. The number of nitrogens with one attached hydrogen (secondary N) is 1. The van der Waals surface area contributed by atoms with Crippen LogP contribution in [0.15, 0.2) is 57.9 Å². The number of rotatable bonds is 7. The lowest BCUT2D eigenvalue weighted by molar-refractivity contribution is -0.386. The lowest BCUT2D eigenvalue weighted by atomic mass is 10.2. The molecule has 1 heterocycles. The molecule has 0 amide bonds. The van der Waals surface area contributed by atoms with Crippen molar-refractivity contribution in [1.29, 1.82) is 0 Å². The van der Waals surface area contributed by atoms with Gasteiger partial charge in [-0.1, -0.05) is 23.4 Å². The summed E-state index contributed by atoms with van der Waals surface area (Å²) in [4.78, 5) is 10.6. The smallest absolute Gasteiger partial charge is 0.338 e. The molecule has 0 unspecified atom stereocenters. The normalized spacial score (nSPS) is 11.5. The van der Waals surface area contributed by atoms with Gasteiger partial charge in [-0.3, -0.25) is 14.8 Å². The number of methoxy groups -OCH3 is 1. The second kappa shape index (κ2) is 8.15. The van der Waals surface area contributed by atoms with Crippen LogP contribution in [-0.2, 0) is 10.0 Å². The summed E-state index contributed by atoms with van der Waals surface area (Å²) in [6.45, 7) is 1.48. The minimum absolute atomic E-state index is 0.0189. The highest BCUT2D eigenvalue weighted by Gasteiger charge is 2.22. The van der Waals surface area contributed by atoms with E-state index in [-0.39, 0.29) is 22.0 Å². The summed E-state index contributed by atoms with van der Waals surface area (Å²) in [6, 6.07) is 12.5. The first-order valence-corrected chi connectivity index (χ1v) is 9.84. The van der Waals surface area contributed by atoms with Gasteiger partial charge in [-0.15, -0.1) is 0 Å². The number of anilines is 1. The van der Waals surface area contributed by atoms with Gasteiger partial charge in [-0.25, -0.2) is 8.42 Å². The molecule has 0 aliphatic rings. The molecule has 0 saturated carbocycles. The van der Waals surface area contributed by atoms with Gasteiger partial charge in [0.25, 0.3) is 10.0 Å². The number of sulfonamides is 1. The predicted molar refractivity (Wildman–Crippen MR) is 107 cm³/mol. The molecule has 0 saturated heterocycles. The van der Waals surface area contributed by atoms with Crippen molar-refractivity contribution in [3.8, 4) is 5.75 Å². The van der Waals surface area contributed by atoms with E-state index < -0.39 is 14.9 Å². The highest BCUT2D eigenvalue weighted by molar-refractivity contribution is 7.92. The Morgan fingerprint density at radius 1 is 1.10 bits per heavy atom. The first-order valence-electron chi connectivity index (χ1n) is 8.36. The number of ether oxygens (including phenoxy) is 1. The summed E-state index contributed by atoms with van der Waals surface area (Å²) in [6.07, 6.45) is 2.98. The van der Waals surface area contributed by atoms with Crippen LogP contribution in [0.3, 0.4) is 0 Å². The molecule has 0 aliphatic heterocycles. The van der Waals surface area contributed by atoms with Crippen molar-refractivity contribution in [3.63, 3.8) is 0 Å². The Kier molecular flexibility index (Phi) is 5.64. The molecule has 1 aromatic heterocycles. The monoisotopic (exact) mass is 415 g/mol. The summed E-state index contributed by atoms with van der Waals surface area (Å²) < 4.78 is 37.5. The zero-order valence-electron chi connectivity index (χ0n) is 15.5. The van der Waals surface area contributed by atoms with Crippen LogP contribution in [0, 0.1) is 17.0 Å².